The first kappa shape index (κ1) is 18.8. The zero-order valence-electron chi connectivity index (χ0n) is 17.7. The van der Waals surface area contributed by atoms with E-state index >= 15 is 0 Å². The number of hydrogen-bond donors (Lipinski definition) is 1. The third-order valence-corrected chi connectivity index (χ3v) is 7.59. The molecule has 3 nitrogen and oxygen atoms in total. The largest absolute Gasteiger partial charge is 0.316 e. The lowest BCUT2D eigenvalue weighted by molar-refractivity contribution is 0.399. The Hall–Kier alpha value is -2.98. The van der Waals surface area contributed by atoms with Gasteiger partial charge in [0.05, 0.1) is 17.4 Å². The second-order valence-electron chi connectivity index (χ2n) is 9.29. The summed E-state index contributed by atoms with van der Waals surface area (Å²) in [5.41, 5.74) is 6.39. The molecule has 1 N–H and O–H groups in total. The van der Waals surface area contributed by atoms with Crippen LogP contribution in [0.3, 0.4) is 0 Å². The lowest BCUT2D eigenvalue weighted by Crippen LogP contribution is -2.32. The molecule has 4 aromatic rings. The Balaban J connectivity index is 1.42. The van der Waals surface area contributed by atoms with Gasteiger partial charge in [0.1, 0.15) is 5.82 Å². The highest BCUT2D eigenvalue weighted by Gasteiger charge is 2.51. The molecule has 3 atom stereocenters. The molecule has 6 rings (SSSR count). The maximum absolute atomic E-state index is 13.4. The number of fused-ring (bicyclic) bond motifs is 2. The van der Waals surface area contributed by atoms with E-state index < -0.39 is 0 Å². The molecule has 2 fully saturated rings. The Morgan fingerprint density at radius 2 is 1.87 bits per heavy atom. The molecule has 4 heteroatoms. The van der Waals surface area contributed by atoms with E-state index in [0.717, 1.165) is 29.7 Å². The summed E-state index contributed by atoms with van der Waals surface area (Å²) in [6.07, 6.45) is 4.37. The van der Waals surface area contributed by atoms with E-state index in [-0.39, 0.29) is 11.2 Å². The Morgan fingerprint density at radius 1 is 1.06 bits per heavy atom. The van der Waals surface area contributed by atoms with E-state index in [1.807, 2.05) is 10.9 Å². The molecular formula is C27H26FN3. The van der Waals surface area contributed by atoms with Crippen molar-refractivity contribution in [1.29, 1.82) is 0 Å². The fourth-order valence-electron chi connectivity index (χ4n) is 6.13. The maximum atomic E-state index is 13.4. The van der Waals surface area contributed by atoms with Gasteiger partial charge in [-0.25, -0.2) is 9.07 Å². The highest BCUT2D eigenvalue weighted by atomic mass is 19.1. The van der Waals surface area contributed by atoms with Crippen LogP contribution in [0.2, 0.25) is 0 Å². The third-order valence-electron chi connectivity index (χ3n) is 7.59. The van der Waals surface area contributed by atoms with Gasteiger partial charge in [-0.3, -0.25) is 0 Å². The van der Waals surface area contributed by atoms with Crippen molar-refractivity contribution in [3.63, 3.8) is 0 Å². The van der Waals surface area contributed by atoms with Crippen molar-refractivity contribution >= 4 is 10.9 Å². The number of aryl methyl sites for hydroxylation is 1. The predicted molar refractivity (Wildman–Crippen MR) is 122 cm³/mol. The fourth-order valence-corrected chi connectivity index (χ4v) is 6.13. The van der Waals surface area contributed by atoms with Crippen LogP contribution in [-0.2, 0) is 5.41 Å². The van der Waals surface area contributed by atoms with E-state index in [4.69, 9.17) is 0 Å². The van der Waals surface area contributed by atoms with Gasteiger partial charge in [-0.2, -0.15) is 5.10 Å². The lowest BCUT2D eigenvalue weighted by atomic mass is 9.72. The van der Waals surface area contributed by atoms with Crippen molar-refractivity contribution in [2.75, 3.05) is 13.1 Å². The summed E-state index contributed by atoms with van der Waals surface area (Å²) in [5.74, 6) is 1.04. The van der Waals surface area contributed by atoms with Gasteiger partial charge < -0.3 is 5.32 Å². The van der Waals surface area contributed by atoms with Crippen LogP contribution in [0.15, 0.2) is 72.9 Å². The fraction of sp³-hybridized carbons (Fsp3) is 0.296. The highest BCUT2D eigenvalue weighted by Crippen LogP contribution is 2.54. The van der Waals surface area contributed by atoms with Gasteiger partial charge in [-0.05, 0) is 91.2 Å². The average molecular weight is 412 g/mol. The summed E-state index contributed by atoms with van der Waals surface area (Å²) in [7, 11) is 0. The molecule has 1 aliphatic carbocycles. The van der Waals surface area contributed by atoms with E-state index in [9.17, 15) is 4.39 Å². The molecule has 1 saturated heterocycles. The van der Waals surface area contributed by atoms with E-state index in [2.05, 4.69) is 59.8 Å². The zero-order valence-corrected chi connectivity index (χ0v) is 17.7. The normalized spacial score (nSPS) is 25.2. The van der Waals surface area contributed by atoms with Gasteiger partial charge in [-0.15, -0.1) is 0 Å². The summed E-state index contributed by atoms with van der Waals surface area (Å²) >= 11 is 0. The standard InChI is InChI=1S/C27H26FN3/c1-18-11-26-21(15-30-31(26)24-9-7-23(28)8-10-24)13-25(18)27-14-20(12-22(27)16-29-17-27)19-5-3-2-4-6-19/h2-11,13,15,20,22,29H,12,14,16-17H2,1H3/t20-,22+,27+/m0/s1. The van der Waals surface area contributed by atoms with Crippen molar-refractivity contribution < 1.29 is 4.39 Å². The molecule has 3 aromatic carbocycles. The molecule has 2 heterocycles. The average Bonchev–Trinajstić information content (AvgIpc) is 3.47. The van der Waals surface area contributed by atoms with Crippen LogP contribution in [0.4, 0.5) is 4.39 Å². The first-order chi connectivity index (χ1) is 15.1. The molecule has 0 amide bonds. The van der Waals surface area contributed by atoms with Gasteiger partial charge in [0, 0.05) is 17.3 Å². The summed E-state index contributed by atoms with van der Waals surface area (Å²) in [5, 5.41) is 9.47. The molecule has 0 unspecified atom stereocenters. The quantitative estimate of drug-likeness (QED) is 0.482. The molecule has 156 valence electrons. The molecule has 2 aliphatic rings. The third kappa shape index (κ3) is 2.93. The zero-order chi connectivity index (χ0) is 21.0. The second-order valence-corrected chi connectivity index (χ2v) is 9.29. The second kappa shape index (κ2) is 7.03. The van der Waals surface area contributed by atoms with Crippen molar-refractivity contribution in [3.8, 4) is 5.69 Å². The Labute approximate surface area is 181 Å². The van der Waals surface area contributed by atoms with Gasteiger partial charge >= 0.3 is 0 Å². The summed E-state index contributed by atoms with van der Waals surface area (Å²) in [6.45, 7) is 4.37. The number of halogens is 1. The molecule has 0 spiro atoms. The van der Waals surface area contributed by atoms with Crippen LogP contribution in [0.1, 0.15) is 35.4 Å². The van der Waals surface area contributed by atoms with E-state index in [1.165, 1.54) is 41.7 Å². The number of rotatable bonds is 3. The van der Waals surface area contributed by atoms with Crippen LogP contribution in [-0.4, -0.2) is 22.9 Å². The van der Waals surface area contributed by atoms with Crippen LogP contribution in [0, 0.1) is 18.7 Å². The van der Waals surface area contributed by atoms with Crippen molar-refractivity contribution in [2.24, 2.45) is 5.92 Å². The van der Waals surface area contributed by atoms with E-state index in [1.54, 1.807) is 12.1 Å². The Bertz CT molecular complexity index is 1240. The van der Waals surface area contributed by atoms with Crippen molar-refractivity contribution in [3.05, 3.63) is 95.4 Å². The van der Waals surface area contributed by atoms with Gasteiger partial charge in [0.15, 0.2) is 0 Å². The SMILES string of the molecule is Cc1cc2c(cnn2-c2ccc(F)cc2)cc1[C@]12CNC[C@H]1C[C@H](c1ccccc1)C2. The molecule has 0 bridgehead atoms. The minimum absolute atomic E-state index is 0.177. The van der Waals surface area contributed by atoms with Crippen LogP contribution < -0.4 is 5.32 Å². The van der Waals surface area contributed by atoms with Crippen LogP contribution >= 0.6 is 0 Å². The summed E-state index contributed by atoms with van der Waals surface area (Å²) in [6, 6.07) is 22.2. The smallest absolute Gasteiger partial charge is 0.123 e. The summed E-state index contributed by atoms with van der Waals surface area (Å²) in [4.78, 5) is 0. The Kier molecular flexibility index (Phi) is 4.25. The number of benzene rings is 3. The molecule has 1 aromatic heterocycles. The van der Waals surface area contributed by atoms with Gasteiger partial charge in [-0.1, -0.05) is 30.3 Å². The first-order valence-corrected chi connectivity index (χ1v) is 11.1. The number of aromatic nitrogens is 2. The Morgan fingerprint density at radius 3 is 2.68 bits per heavy atom. The number of nitrogens with one attached hydrogen (secondary N) is 1. The van der Waals surface area contributed by atoms with Crippen LogP contribution in [0.5, 0.6) is 0 Å². The first-order valence-electron chi connectivity index (χ1n) is 11.1. The van der Waals surface area contributed by atoms with Gasteiger partial charge in [0.2, 0.25) is 0 Å². The molecule has 1 saturated carbocycles. The lowest BCUT2D eigenvalue weighted by Gasteiger charge is -2.31. The van der Waals surface area contributed by atoms with Crippen molar-refractivity contribution in [2.45, 2.75) is 31.1 Å². The monoisotopic (exact) mass is 411 g/mol. The van der Waals surface area contributed by atoms with Gasteiger partial charge in [0.25, 0.3) is 0 Å². The topological polar surface area (TPSA) is 29.9 Å². The number of hydrogen-bond acceptors (Lipinski definition) is 2. The van der Waals surface area contributed by atoms with Crippen LogP contribution in [0.25, 0.3) is 16.6 Å². The highest BCUT2D eigenvalue weighted by molar-refractivity contribution is 5.82. The minimum atomic E-state index is -0.230. The molecular weight excluding hydrogens is 385 g/mol. The number of nitrogens with zero attached hydrogens (tertiary/aromatic N) is 2. The molecule has 31 heavy (non-hydrogen) atoms. The molecule has 0 radical (unpaired) electrons. The predicted octanol–water partition coefficient (Wildman–Crippen LogP) is 5.51. The minimum Gasteiger partial charge on any atom is -0.316 e. The van der Waals surface area contributed by atoms with Crippen molar-refractivity contribution in [1.82, 2.24) is 15.1 Å². The maximum Gasteiger partial charge on any atom is 0.123 e. The molecule has 1 aliphatic heterocycles. The van der Waals surface area contributed by atoms with E-state index in [0.29, 0.717) is 11.8 Å². The summed E-state index contributed by atoms with van der Waals surface area (Å²) < 4.78 is 15.3.